The predicted molar refractivity (Wildman–Crippen MR) is 96.6 cm³/mol. The molecule has 0 bridgehead atoms. The van der Waals surface area contributed by atoms with Crippen molar-refractivity contribution in [1.29, 1.82) is 0 Å². The SMILES string of the molecule is CC(=O)c1cc(CN(C)CCc2nc3ccc(Cl)cc3[nH]2)n(C)c1. The molecule has 1 N–H and O–H groups in total. The number of nitrogens with zero attached hydrogens (tertiary/aromatic N) is 3. The fraction of sp³-hybridized carbons (Fsp3) is 0.333. The first kappa shape index (κ1) is 16.7. The van der Waals surface area contributed by atoms with Crippen LogP contribution in [0.4, 0.5) is 0 Å². The number of halogens is 1. The van der Waals surface area contributed by atoms with E-state index >= 15 is 0 Å². The zero-order valence-electron chi connectivity index (χ0n) is 14.1. The summed E-state index contributed by atoms with van der Waals surface area (Å²) in [5.41, 5.74) is 3.79. The molecule has 0 spiro atoms. The largest absolute Gasteiger partial charge is 0.353 e. The van der Waals surface area contributed by atoms with Gasteiger partial charge >= 0.3 is 0 Å². The zero-order valence-corrected chi connectivity index (χ0v) is 14.9. The summed E-state index contributed by atoms with van der Waals surface area (Å²) in [6, 6.07) is 7.63. The average molecular weight is 345 g/mol. The molecule has 126 valence electrons. The number of imidazole rings is 1. The summed E-state index contributed by atoms with van der Waals surface area (Å²) in [7, 11) is 4.04. The molecule has 0 atom stereocenters. The summed E-state index contributed by atoms with van der Waals surface area (Å²) < 4.78 is 2.01. The number of H-pyrrole nitrogens is 1. The van der Waals surface area contributed by atoms with Crippen LogP contribution in [0.25, 0.3) is 11.0 Å². The Morgan fingerprint density at radius 3 is 2.88 bits per heavy atom. The van der Waals surface area contributed by atoms with E-state index in [4.69, 9.17) is 11.6 Å². The number of carbonyl (C=O) groups excluding carboxylic acids is 1. The van der Waals surface area contributed by atoms with Crippen molar-refractivity contribution in [3.8, 4) is 0 Å². The summed E-state index contributed by atoms with van der Waals surface area (Å²) in [5.74, 6) is 1.05. The first-order valence-electron chi connectivity index (χ1n) is 7.91. The van der Waals surface area contributed by atoms with Crippen molar-refractivity contribution >= 4 is 28.4 Å². The van der Waals surface area contributed by atoms with E-state index in [0.717, 1.165) is 47.6 Å². The van der Waals surface area contributed by atoms with E-state index in [9.17, 15) is 4.79 Å². The molecule has 0 amide bonds. The van der Waals surface area contributed by atoms with Crippen LogP contribution in [-0.4, -0.2) is 38.8 Å². The van der Waals surface area contributed by atoms with Crippen LogP contribution >= 0.6 is 11.6 Å². The van der Waals surface area contributed by atoms with Gasteiger partial charge in [-0.1, -0.05) is 11.6 Å². The van der Waals surface area contributed by atoms with Gasteiger partial charge in [0.1, 0.15) is 5.82 Å². The average Bonchev–Trinajstić information content (AvgIpc) is 3.08. The minimum absolute atomic E-state index is 0.0976. The number of aryl methyl sites for hydroxylation is 1. The molecule has 0 fully saturated rings. The topological polar surface area (TPSA) is 53.9 Å². The van der Waals surface area contributed by atoms with E-state index in [1.165, 1.54) is 0 Å². The minimum Gasteiger partial charge on any atom is -0.353 e. The molecule has 1 aromatic carbocycles. The first-order chi connectivity index (χ1) is 11.4. The Labute approximate surface area is 146 Å². The number of fused-ring (bicyclic) bond motifs is 1. The monoisotopic (exact) mass is 344 g/mol. The maximum absolute atomic E-state index is 11.5. The van der Waals surface area contributed by atoms with Crippen LogP contribution in [0, 0.1) is 0 Å². The Balaban J connectivity index is 1.62. The van der Waals surface area contributed by atoms with Crippen LogP contribution in [0.15, 0.2) is 30.5 Å². The van der Waals surface area contributed by atoms with Crippen LogP contribution in [0.2, 0.25) is 5.02 Å². The summed E-state index contributed by atoms with van der Waals surface area (Å²) in [4.78, 5) is 21.6. The molecular formula is C18H21ClN4O. The Morgan fingerprint density at radius 1 is 1.38 bits per heavy atom. The maximum Gasteiger partial charge on any atom is 0.161 e. The second kappa shape index (κ2) is 6.79. The van der Waals surface area contributed by atoms with E-state index in [0.29, 0.717) is 5.02 Å². The highest BCUT2D eigenvalue weighted by molar-refractivity contribution is 6.31. The molecule has 3 rings (SSSR count). The minimum atomic E-state index is 0.0976. The van der Waals surface area contributed by atoms with E-state index in [-0.39, 0.29) is 5.78 Å². The maximum atomic E-state index is 11.5. The van der Waals surface area contributed by atoms with Gasteiger partial charge in [-0.3, -0.25) is 4.79 Å². The Hall–Kier alpha value is -2.11. The lowest BCUT2D eigenvalue weighted by atomic mass is 10.2. The number of nitrogens with one attached hydrogen (secondary N) is 1. The predicted octanol–water partition coefficient (Wildman–Crippen LogP) is 3.43. The molecule has 3 aromatic rings. The molecule has 24 heavy (non-hydrogen) atoms. The van der Waals surface area contributed by atoms with E-state index in [1.54, 1.807) is 6.92 Å². The number of likely N-dealkylation sites (N-methyl/N-ethyl adjacent to an activating group) is 1. The third-order valence-corrected chi connectivity index (χ3v) is 4.40. The highest BCUT2D eigenvalue weighted by Gasteiger charge is 2.10. The van der Waals surface area contributed by atoms with Crippen molar-refractivity contribution in [2.45, 2.75) is 19.9 Å². The fourth-order valence-electron chi connectivity index (χ4n) is 2.77. The molecule has 6 heteroatoms. The second-order valence-electron chi connectivity index (χ2n) is 6.22. The number of aromatic amines is 1. The molecule has 0 saturated heterocycles. The van der Waals surface area contributed by atoms with Gasteiger partial charge in [-0.05, 0) is 38.2 Å². The Morgan fingerprint density at radius 2 is 2.17 bits per heavy atom. The number of Topliss-reactive ketones (excluding diaryl/α,β-unsaturated/α-hetero) is 1. The first-order valence-corrected chi connectivity index (χ1v) is 8.29. The van der Waals surface area contributed by atoms with Gasteiger partial charge in [0.05, 0.1) is 11.0 Å². The van der Waals surface area contributed by atoms with E-state index < -0.39 is 0 Å². The molecule has 0 aliphatic heterocycles. The summed E-state index contributed by atoms with van der Waals surface area (Å²) in [6.07, 6.45) is 2.71. The molecule has 0 unspecified atom stereocenters. The normalized spacial score (nSPS) is 11.5. The van der Waals surface area contributed by atoms with Crippen molar-refractivity contribution in [1.82, 2.24) is 19.4 Å². The third kappa shape index (κ3) is 3.68. The molecule has 0 radical (unpaired) electrons. The van der Waals surface area contributed by atoms with Gasteiger partial charge in [-0.2, -0.15) is 0 Å². The van der Waals surface area contributed by atoms with Crippen LogP contribution in [0.1, 0.15) is 28.8 Å². The third-order valence-electron chi connectivity index (χ3n) is 4.17. The standard InChI is InChI=1S/C18H21ClN4O/c1-12(24)13-8-15(23(3)10-13)11-22(2)7-6-18-20-16-5-4-14(19)9-17(16)21-18/h4-5,8-10H,6-7,11H2,1-3H3,(H,20,21). The lowest BCUT2D eigenvalue weighted by Crippen LogP contribution is -2.22. The zero-order chi connectivity index (χ0) is 17.3. The molecule has 0 aliphatic rings. The number of aromatic nitrogens is 3. The molecule has 2 aromatic heterocycles. The van der Waals surface area contributed by atoms with E-state index in [2.05, 4.69) is 21.9 Å². The molecule has 0 saturated carbocycles. The fourth-order valence-corrected chi connectivity index (χ4v) is 2.94. The molecule has 0 aliphatic carbocycles. The highest BCUT2D eigenvalue weighted by Crippen LogP contribution is 2.17. The van der Waals surface area contributed by atoms with Gasteiger partial charge in [0.25, 0.3) is 0 Å². The van der Waals surface area contributed by atoms with Crippen LogP contribution in [0.5, 0.6) is 0 Å². The molecule has 5 nitrogen and oxygen atoms in total. The van der Waals surface area contributed by atoms with E-state index in [1.807, 2.05) is 42.1 Å². The van der Waals surface area contributed by atoms with Gasteiger partial charge < -0.3 is 14.5 Å². The lowest BCUT2D eigenvalue weighted by molar-refractivity contribution is 0.101. The highest BCUT2D eigenvalue weighted by atomic mass is 35.5. The Kier molecular flexibility index (Phi) is 4.73. The number of rotatable bonds is 6. The number of benzene rings is 1. The number of hydrogen-bond donors (Lipinski definition) is 1. The Bertz CT molecular complexity index is 880. The number of ketones is 1. The molecule has 2 heterocycles. The smallest absolute Gasteiger partial charge is 0.161 e. The van der Waals surface area contributed by atoms with Gasteiger partial charge in [0.15, 0.2) is 5.78 Å². The second-order valence-corrected chi connectivity index (χ2v) is 6.66. The summed E-state index contributed by atoms with van der Waals surface area (Å²) in [5, 5.41) is 0.708. The van der Waals surface area contributed by atoms with Crippen LogP contribution in [-0.2, 0) is 20.0 Å². The van der Waals surface area contributed by atoms with Crippen molar-refractivity contribution in [3.05, 3.63) is 52.6 Å². The summed E-state index contributed by atoms with van der Waals surface area (Å²) >= 11 is 6.00. The molecular weight excluding hydrogens is 324 g/mol. The van der Waals surface area contributed by atoms with Crippen molar-refractivity contribution < 1.29 is 4.79 Å². The van der Waals surface area contributed by atoms with Crippen molar-refractivity contribution in [2.75, 3.05) is 13.6 Å². The van der Waals surface area contributed by atoms with Crippen molar-refractivity contribution in [2.24, 2.45) is 7.05 Å². The van der Waals surface area contributed by atoms with Crippen LogP contribution in [0.3, 0.4) is 0 Å². The van der Waals surface area contributed by atoms with Crippen LogP contribution < -0.4 is 0 Å². The van der Waals surface area contributed by atoms with Crippen molar-refractivity contribution in [3.63, 3.8) is 0 Å². The van der Waals surface area contributed by atoms with Gasteiger partial charge in [-0.15, -0.1) is 0 Å². The quantitative estimate of drug-likeness (QED) is 0.697. The van der Waals surface area contributed by atoms with Gasteiger partial charge in [-0.25, -0.2) is 4.98 Å². The van der Waals surface area contributed by atoms with Gasteiger partial charge in [0.2, 0.25) is 0 Å². The number of carbonyl (C=O) groups is 1. The van der Waals surface area contributed by atoms with Gasteiger partial charge in [0, 0.05) is 49.0 Å². The number of hydrogen-bond acceptors (Lipinski definition) is 3. The summed E-state index contributed by atoms with van der Waals surface area (Å²) in [6.45, 7) is 3.25. The lowest BCUT2D eigenvalue weighted by Gasteiger charge is -2.16.